The molecule has 0 aliphatic heterocycles. The van der Waals surface area contributed by atoms with Gasteiger partial charge in [0, 0.05) is 35.4 Å². The molecule has 0 fully saturated rings. The molecule has 0 radical (unpaired) electrons. The van der Waals surface area contributed by atoms with Crippen molar-refractivity contribution in [1.29, 1.82) is 0 Å². The van der Waals surface area contributed by atoms with Crippen LogP contribution in [-0.4, -0.2) is 25.2 Å². The summed E-state index contributed by atoms with van der Waals surface area (Å²) in [5, 5.41) is 3.32. The van der Waals surface area contributed by atoms with Crippen molar-refractivity contribution < 1.29 is 18.6 Å². The molecule has 1 heterocycles. The fourth-order valence-electron chi connectivity index (χ4n) is 2.64. The SMILES string of the molecule is COc1cc(CNCCOc2ccccn2)c(Br)cc1OCc1ccccc1F. The van der Waals surface area contributed by atoms with Crippen molar-refractivity contribution >= 4 is 15.9 Å². The Morgan fingerprint density at radius 1 is 1.00 bits per heavy atom. The normalized spacial score (nSPS) is 10.6. The number of nitrogens with one attached hydrogen (secondary N) is 1. The monoisotopic (exact) mass is 460 g/mol. The summed E-state index contributed by atoms with van der Waals surface area (Å²) in [5.41, 5.74) is 1.50. The Morgan fingerprint density at radius 3 is 2.59 bits per heavy atom. The van der Waals surface area contributed by atoms with Crippen molar-refractivity contribution in [3.05, 3.63) is 82.2 Å². The number of methoxy groups -OCH3 is 1. The first kappa shape index (κ1) is 21.1. The second-order valence-corrected chi connectivity index (χ2v) is 7.02. The van der Waals surface area contributed by atoms with E-state index in [-0.39, 0.29) is 12.4 Å². The maximum absolute atomic E-state index is 13.8. The van der Waals surface area contributed by atoms with Crippen LogP contribution in [0.1, 0.15) is 11.1 Å². The zero-order chi connectivity index (χ0) is 20.5. The molecule has 2 aromatic carbocycles. The minimum Gasteiger partial charge on any atom is -0.493 e. The number of pyridine rings is 1. The van der Waals surface area contributed by atoms with Gasteiger partial charge in [-0.1, -0.05) is 40.2 Å². The maximum atomic E-state index is 13.8. The van der Waals surface area contributed by atoms with E-state index in [0.29, 0.717) is 42.6 Å². The van der Waals surface area contributed by atoms with E-state index in [9.17, 15) is 4.39 Å². The van der Waals surface area contributed by atoms with Crippen LogP contribution in [0.25, 0.3) is 0 Å². The molecule has 0 amide bonds. The largest absolute Gasteiger partial charge is 0.493 e. The molecule has 1 N–H and O–H groups in total. The molecule has 0 aliphatic rings. The smallest absolute Gasteiger partial charge is 0.213 e. The second kappa shape index (κ2) is 10.8. The first-order valence-corrected chi connectivity index (χ1v) is 9.94. The van der Waals surface area contributed by atoms with Crippen molar-refractivity contribution in [3.63, 3.8) is 0 Å². The molecule has 3 aromatic rings. The lowest BCUT2D eigenvalue weighted by Crippen LogP contribution is -2.21. The van der Waals surface area contributed by atoms with Crippen LogP contribution >= 0.6 is 15.9 Å². The van der Waals surface area contributed by atoms with Gasteiger partial charge in [0.25, 0.3) is 0 Å². The molecule has 0 bridgehead atoms. The fourth-order valence-corrected chi connectivity index (χ4v) is 3.10. The summed E-state index contributed by atoms with van der Waals surface area (Å²) in [4.78, 5) is 4.11. The summed E-state index contributed by atoms with van der Waals surface area (Å²) in [6, 6.07) is 15.8. The zero-order valence-electron chi connectivity index (χ0n) is 16.0. The van der Waals surface area contributed by atoms with E-state index in [2.05, 4.69) is 26.2 Å². The first-order chi connectivity index (χ1) is 14.2. The Bertz CT molecular complexity index is 925. The molecule has 0 saturated heterocycles. The standard InChI is InChI=1S/C22H22BrFN2O3/c1-27-20-12-17(14-25-10-11-28-22-8-4-5-9-26-22)18(23)13-21(20)29-15-16-6-2-3-7-19(16)24/h2-9,12-13,25H,10-11,14-15H2,1H3. The Hall–Kier alpha value is -2.64. The second-order valence-electron chi connectivity index (χ2n) is 6.17. The summed E-state index contributed by atoms with van der Waals surface area (Å²) < 4.78 is 31.4. The molecule has 0 spiro atoms. The number of nitrogens with zero attached hydrogens (tertiary/aromatic N) is 1. The van der Waals surface area contributed by atoms with Crippen LogP contribution in [0.3, 0.4) is 0 Å². The van der Waals surface area contributed by atoms with Crippen LogP contribution in [0.2, 0.25) is 0 Å². The number of hydrogen-bond acceptors (Lipinski definition) is 5. The van der Waals surface area contributed by atoms with Gasteiger partial charge in [0.05, 0.1) is 7.11 Å². The number of rotatable bonds is 10. The highest BCUT2D eigenvalue weighted by atomic mass is 79.9. The van der Waals surface area contributed by atoms with E-state index >= 15 is 0 Å². The highest BCUT2D eigenvalue weighted by molar-refractivity contribution is 9.10. The molecule has 0 atom stereocenters. The van der Waals surface area contributed by atoms with Gasteiger partial charge in [-0.05, 0) is 29.8 Å². The quantitative estimate of drug-likeness (QED) is 0.442. The van der Waals surface area contributed by atoms with E-state index < -0.39 is 0 Å². The molecule has 7 heteroatoms. The number of hydrogen-bond donors (Lipinski definition) is 1. The van der Waals surface area contributed by atoms with Gasteiger partial charge in [-0.3, -0.25) is 0 Å². The third-order valence-electron chi connectivity index (χ3n) is 4.16. The van der Waals surface area contributed by atoms with Gasteiger partial charge in [-0.25, -0.2) is 9.37 Å². The van der Waals surface area contributed by atoms with Crippen LogP contribution in [0.5, 0.6) is 17.4 Å². The third kappa shape index (κ3) is 6.17. The average Bonchev–Trinajstić information content (AvgIpc) is 2.74. The van der Waals surface area contributed by atoms with Crippen LogP contribution in [-0.2, 0) is 13.2 Å². The van der Waals surface area contributed by atoms with Crippen molar-refractivity contribution in [2.75, 3.05) is 20.3 Å². The van der Waals surface area contributed by atoms with Gasteiger partial charge in [0.15, 0.2) is 11.5 Å². The lowest BCUT2D eigenvalue weighted by molar-refractivity contribution is 0.279. The van der Waals surface area contributed by atoms with Gasteiger partial charge >= 0.3 is 0 Å². The average molecular weight is 461 g/mol. The summed E-state index contributed by atoms with van der Waals surface area (Å²) in [5.74, 6) is 1.45. The number of benzene rings is 2. The highest BCUT2D eigenvalue weighted by Gasteiger charge is 2.11. The predicted molar refractivity (Wildman–Crippen MR) is 113 cm³/mol. The molecule has 29 heavy (non-hydrogen) atoms. The van der Waals surface area contributed by atoms with E-state index in [4.69, 9.17) is 14.2 Å². The zero-order valence-corrected chi connectivity index (χ0v) is 17.6. The van der Waals surface area contributed by atoms with E-state index in [1.54, 1.807) is 31.5 Å². The van der Waals surface area contributed by atoms with Gasteiger partial charge < -0.3 is 19.5 Å². The molecule has 0 aliphatic carbocycles. The molecule has 1 aromatic heterocycles. The van der Waals surface area contributed by atoms with Crippen molar-refractivity contribution in [2.24, 2.45) is 0 Å². The van der Waals surface area contributed by atoms with Crippen LogP contribution in [0, 0.1) is 5.82 Å². The Kier molecular flexibility index (Phi) is 7.84. The topological polar surface area (TPSA) is 52.6 Å². The highest BCUT2D eigenvalue weighted by Crippen LogP contribution is 2.34. The summed E-state index contributed by atoms with van der Waals surface area (Å²) >= 11 is 3.57. The van der Waals surface area contributed by atoms with Gasteiger partial charge in [-0.2, -0.15) is 0 Å². The van der Waals surface area contributed by atoms with Gasteiger partial charge in [0.1, 0.15) is 19.0 Å². The van der Waals surface area contributed by atoms with Gasteiger partial charge in [-0.15, -0.1) is 0 Å². The molecule has 3 rings (SSSR count). The minimum absolute atomic E-state index is 0.123. The maximum Gasteiger partial charge on any atom is 0.213 e. The molecular weight excluding hydrogens is 439 g/mol. The molecule has 0 unspecified atom stereocenters. The lowest BCUT2D eigenvalue weighted by Gasteiger charge is -2.15. The molecule has 152 valence electrons. The van der Waals surface area contributed by atoms with Crippen molar-refractivity contribution in [3.8, 4) is 17.4 Å². The summed E-state index contributed by atoms with van der Waals surface area (Å²) in [6.45, 7) is 1.92. The molecule has 0 saturated carbocycles. The Morgan fingerprint density at radius 2 is 1.83 bits per heavy atom. The lowest BCUT2D eigenvalue weighted by atomic mass is 10.2. The fraction of sp³-hybridized carbons (Fsp3) is 0.227. The van der Waals surface area contributed by atoms with Crippen LogP contribution in [0.4, 0.5) is 4.39 Å². The van der Waals surface area contributed by atoms with Crippen LogP contribution in [0.15, 0.2) is 65.3 Å². The van der Waals surface area contributed by atoms with Gasteiger partial charge in [0.2, 0.25) is 5.88 Å². The molecule has 5 nitrogen and oxygen atoms in total. The number of ether oxygens (including phenoxy) is 3. The summed E-state index contributed by atoms with van der Waals surface area (Å²) in [7, 11) is 1.58. The van der Waals surface area contributed by atoms with Crippen LogP contribution < -0.4 is 19.5 Å². The Labute approximate surface area is 178 Å². The van der Waals surface area contributed by atoms with Crippen molar-refractivity contribution in [2.45, 2.75) is 13.2 Å². The number of halogens is 2. The minimum atomic E-state index is -0.292. The van der Waals surface area contributed by atoms with E-state index in [1.165, 1.54) is 6.07 Å². The van der Waals surface area contributed by atoms with Crippen molar-refractivity contribution in [1.82, 2.24) is 10.3 Å². The third-order valence-corrected chi connectivity index (χ3v) is 4.89. The number of aromatic nitrogens is 1. The molecular formula is C22H22BrFN2O3. The predicted octanol–water partition coefficient (Wildman–Crippen LogP) is 4.74. The summed E-state index contributed by atoms with van der Waals surface area (Å²) in [6.07, 6.45) is 1.70. The van der Waals surface area contributed by atoms with E-state index in [1.807, 2.05) is 30.3 Å². The Balaban J connectivity index is 1.54. The van der Waals surface area contributed by atoms with E-state index in [0.717, 1.165) is 10.0 Å². The first-order valence-electron chi connectivity index (χ1n) is 9.14.